The molecule has 0 spiro atoms. The van der Waals surface area contributed by atoms with Crippen LogP contribution in [0, 0.1) is 0 Å². The predicted molar refractivity (Wildman–Crippen MR) is 95.5 cm³/mol. The lowest BCUT2D eigenvalue weighted by molar-refractivity contribution is -0.275. The third-order valence-corrected chi connectivity index (χ3v) is 5.55. The van der Waals surface area contributed by atoms with E-state index in [-0.39, 0.29) is 11.0 Å². The number of hydrogen-bond donors (Lipinski definition) is 1. The molecule has 0 saturated carbocycles. The van der Waals surface area contributed by atoms with Gasteiger partial charge in [0.2, 0.25) is 10.0 Å². The van der Waals surface area contributed by atoms with Gasteiger partial charge >= 0.3 is 6.36 Å². The van der Waals surface area contributed by atoms with Gasteiger partial charge < -0.3 is 4.74 Å². The molecule has 9 heteroatoms. The van der Waals surface area contributed by atoms with E-state index in [1.54, 1.807) is 0 Å². The number of rotatable bonds is 7. The SMILES string of the molecule is CCc1ccc(CCNS(=O)(=O)c2ccc(Br)cc2OC(F)(F)F)cc1. The first-order chi connectivity index (χ1) is 12.1. The maximum absolute atomic E-state index is 12.5. The van der Waals surface area contributed by atoms with Gasteiger partial charge in [-0.3, -0.25) is 0 Å². The third-order valence-electron chi connectivity index (χ3n) is 3.56. The number of benzene rings is 2. The van der Waals surface area contributed by atoms with Gasteiger partial charge in [-0.2, -0.15) is 0 Å². The van der Waals surface area contributed by atoms with Crippen molar-refractivity contribution in [3.05, 3.63) is 58.1 Å². The Morgan fingerprint density at radius 3 is 2.27 bits per heavy atom. The normalized spacial score (nSPS) is 12.2. The molecule has 0 amide bonds. The second kappa shape index (κ2) is 8.41. The highest BCUT2D eigenvalue weighted by molar-refractivity contribution is 9.10. The molecule has 0 saturated heterocycles. The third kappa shape index (κ3) is 6.00. The van der Waals surface area contributed by atoms with Gasteiger partial charge in [0.1, 0.15) is 4.90 Å². The van der Waals surface area contributed by atoms with Crippen LogP contribution in [0.1, 0.15) is 18.1 Å². The van der Waals surface area contributed by atoms with Crippen LogP contribution >= 0.6 is 15.9 Å². The zero-order chi connectivity index (χ0) is 19.4. The molecule has 1 N–H and O–H groups in total. The molecule has 2 aromatic rings. The molecule has 0 aliphatic rings. The number of hydrogen-bond acceptors (Lipinski definition) is 3. The molecular formula is C17H17BrF3NO3S. The molecule has 26 heavy (non-hydrogen) atoms. The molecule has 0 radical (unpaired) electrons. The summed E-state index contributed by atoms with van der Waals surface area (Å²) < 4.78 is 68.7. The maximum Gasteiger partial charge on any atom is 0.573 e. The minimum Gasteiger partial charge on any atom is -0.404 e. The van der Waals surface area contributed by atoms with Crippen molar-refractivity contribution in [1.29, 1.82) is 0 Å². The largest absolute Gasteiger partial charge is 0.573 e. The van der Waals surface area contributed by atoms with Crippen LogP contribution in [0.4, 0.5) is 13.2 Å². The number of aryl methyl sites for hydroxylation is 1. The van der Waals surface area contributed by atoms with Crippen LogP contribution in [-0.2, 0) is 22.9 Å². The van der Waals surface area contributed by atoms with Gasteiger partial charge in [-0.15, -0.1) is 13.2 Å². The number of alkyl halides is 3. The number of ether oxygens (including phenoxy) is 1. The fraction of sp³-hybridized carbons (Fsp3) is 0.294. The molecule has 4 nitrogen and oxygen atoms in total. The summed E-state index contributed by atoms with van der Waals surface area (Å²) in [4.78, 5) is -0.570. The van der Waals surface area contributed by atoms with E-state index in [1.165, 1.54) is 6.07 Å². The molecule has 0 atom stereocenters. The molecule has 0 bridgehead atoms. The summed E-state index contributed by atoms with van der Waals surface area (Å²) in [5.74, 6) is -0.785. The van der Waals surface area contributed by atoms with Gasteiger partial charge in [-0.25, -0.2) is 13.1 Å². The van der Waals surface area contributed by atoms with E-state index in [1.807, 2.05) is 31.2 Å². The number of nitrogens with one attached hydrogen (secondary N) is 1. The van der Waals surface area contributed by atoms with Crippen molar-refractivity contribution in [2.75, 3.05) is 6.54 Å². The smallest absolute Gasteiger partial charge is 0.404 e. The van der Waals surface area contributed by atoms with E-state index in [0.717, 1.165) is 29.7 Å². The molecule has 0 fully saturated rings. The van der Waals surface area contributed by atoms with Gasteiger partial charge in [-0.1, -0.05) is 47.1 Å². The fourth-order valence-corrected chi connectivity index (χ4v) is 3.74. The lowest BCUT2D eigenvalue weighted by Gasteiger charge is -2.14. The molecule has 0 aliphatic heterocycles. The van der Waals surface area contributed by atoms with Crippen molar-refractivity contribution < 1.29 is 26.3 Å². The summed E-state index contributed by atoms with van der Waals surface area (Å²) in [6.45, 7) is 2.08. The molecule has 0 aliphatic carbocycles. The van der Waals surface area contributed by atoms with Crippen LogP contribution in [0.5, 0.6) is 5.75 Å². The minimum absolute atomic E-state index is 0.0509. The van der Waals surface area contributed by atoms with E-state index >= 15 is 0 Å². The van der Waals surface area contributed by atoms with Crippen LogP contribution in [-0.4, -0.2) is 21.3 Å². The Hall–Kier alpha value is -1.58. The van der Waals surface area contributed by atoms with E-state index < -0.39 is 27.0 Å². The first kappa shape index (κ1) is 20.7. The second-order valence-electron chi connectivity index (χ2n) is 5.46. The summed E-state index contributed by atoms with van der Waals surface area (Å²) in [5.41, 5.74) is 2.09. The Kier molecular flexibility index (Phi) is 6.70. The maximum atomic E-state index is 12.5. The standard InChI is InChI=1S/C17H17BrF3NO3S/c1-2-12-3-5-13(6-4-12)9-10-22-26(23,24)16-8-7-14(18)11-15(16)25-17(19,20)21/h3-8,11,22H,2,9-10H2,1H3. The molecule has 2 rings (SSSR count). The predicted octanol–water partition coefficient (Wildman–Crippen LogP) is 4.43. The second-order valence-corrected chi connectivity index (χ2v) is 8.11. The topological polar surface area (TPSA) is 55.4 Å². The highest BCUT2D eigenvalue weighted by Gasteiger charge is 2.34. The molecule has 0 aromatic heterocycles. The summed E-state index contributed by atoms with van der Waals surface area (Å²) in [5, 5.41) is 0. The minimum atomic E-state index is -4.99. The van der Waals surface area contributed by atoms with Crippen LogP contribution in [0.15, 0.2) is 51.8 Å². The van der Waals surface area contributed by atoms with Crippen molar-refractivity contribution in [1.82, 2.24) is 4.72 Å². The fourth-order valence-electron chi connectivity index (χ4n) is 2.26. The average Bonchev–Trinajstić information content (AvgIpc) is 2.53. The van der Waals surface area contributed by atoms with Crippen LogP contribution in [0.3, 0.4) is 0 Å². The van der Waals surface area contributed by atoms with Crippen LogP contribution in [0.25, 0.3) is 0 Å². The number of halogens is 4. The quantitative estimate of drug-likeness (QED) is 0.677. The molecular weight excluding hydrogens is 435 g/mol. The zero-order valence-electron chi connectivity index (χ0n) is 13.8. The Morgan fingerprint density at radius 2 is 1.69 bits per heavy atom. The summed E-state index contributed by atoms with van der Waals surface area (Å²) in [6, 6.07) is 11.0. The monoisotopic (exact) mass is 451 g/mol. The highest BCUT2D eigenvalue weighted by Crippen LogP contribution is 2.32. The van der Waals surface area contributed by atoms with Crippen LogP contribution in [0.2, 0.25) is 0 Å². The van der Waals surface area contributed by atoms with E-state index in [0.29, 0.717) is 6.42 Å². The average molecular weight is 452 g/mol. The lowest BCUT2D eigenvalue weighted by Crippen LogP contribution is -2.27. The van der Waals surface area contributed by atoms with Crippen molar-refractivity contribution in [3.8, 4) is 5.75 Å². The van der Waals surface area contributed by atoms with Crippen molar-refractivity contribution in [3.63, 3.8) is 0 Å². The van der Waals surface area contributed by atoms with E-state index in [9.17, 15) is 21.6 Å². The van der Waals surface area contributed by atoms with Gasteiger partial charge in [0.15, 0.2) is 5.75 Å². The number of sulfonamides is 1. The van der Waals surface area contributed by atoms with Gasteiger partial charge in [0.25, 0.3) is 0 Å². The zero-order valence-corrected chi connectivity index (χ0v) is 16.2. The van der Waals surface area contributed by atoms with Gasteiger partial charge in [-0.05, 0) is 42.2 Å². The van der Waals surface area contributed by atoms with Crippen LogP contribution < -0.4 is 9.46 Å². The van der Waals surface area contributed by atoms with Crippen molar-refractivity contribution >= 4 is 26.0 Å². The Morgan fingerprint density at radius 1 is 1.08 bits per heavy atom. The van der Waals surface area contributed by atoms with E-state index in [4.69, 9.17) is 0 Å². The lowest BCUT2D eigenvalue weighted by atomic mass is 10.1. The molecule has 0 unspecified atom stereocenters. The molecule has 142 valence electrons. The first-order valence-electron chi connectivity index (χ1n) is 7.73. The molecule has 0 heterocycles. The summed E-state index contributed by atoms with van der Waals surface area (Å²) in [7, 11) is -4.16. The van der Waals surface area contributed by atoms with Crippen molar-refractivity contribution in [2.45, 2.75) is 31.0 Å². The Balaban J connectivity index is 2.11. The Labute approximate surface area is 158 Å². The molecule has 2 aromatic carbocycles. The highest BCUT2D eigenvalue weighted by atomic mass is 79.9. The van der Waals surface area contributed by atoms with Gasteiger partial charge in [0, 0.05) is 11.0 Å². The first-order valence-corrected chi connectivity index (χ1v) is 10.0. The summed E-state index contributed by atoms with van der Waals surface area (Å²) >= 11 is 3.00. The Bertz CT molecular complexity index is 853. The van der Waals surface area contributed by atoms with Gasteiger partial charge in [0.05, 0.1) is 0 Å². The van der Waals surface area contributed by atoms with Crippen molar-refractivity contribution in [2.24, 2.45) is 0 Å². The van der Waals surface area contributed by atoms with E-state index in [2.05, 4.69) is 25.4 Å². The summed E-state index contributed by atoms with van der Waals surface area (Å²) in [6.07, 6.45) is -3.68.